The smallest absolute Gasteiger partial charge is 0.250 e. The molecule has 2 aromatic carbocycles. The predicted octanol–water partition coefficient (Wildman–Crippen LogP) is 9.57. The van der Waals surface area contributed by atoms with Crippen LogP contribution in [0.1, 0.15) is 95.1 Å². The second kappa shape index (κ2) is 23.0. The summed E-state index contributed by atoms with van der Waals surface area (Å²) in [6.45, 7) is 24.5. The highest BCUT2D eigenvalue weighted by Gasteiger charge is 2.23. The van der Waals surface area contributed by atoms with Crippen LogP contribution in [0.15, 0.2) is 97.7 Å². The van der Waals surface area contributed by atoms with Gasteiger partial charge in [-0.1, -0.05) is 95.2 Å². The summed E-state index contributed by atoms with van der Waals surface area (Å²) in [7, 11) is 0. The number of nitrogens with two attached hydrogens (primary N) is 1. The number of amides is 1. The molecule has 5 nitrogen and oxygen atoms in total. The van der Waals surface area contributed by atoms with Crippen molar-refractivity contribution in [2.24, 2.45) is 5.73 Å². The molecule has 0 saturated carbocycles. The molecule has 0 radical (unpaired) electrons. The molecular weight excluding hydrogens is 506 g/mol. The molecule has 2 heterocycles. The Kier molecular flexibility index (Phi) is 21.0. The van der Waals surface area contributed by atoms with E-state index in [2.05, 4.69) is 86.3 Å². The first-order chi connectivity index (χ1) is 19.8. The van der Waals surface area contributed by atoms with E-state index < -0.39 is 5.91 Å². The molecule has 5 heteroatoms. The number of hydrogen-bond donors (Lipinski definition) is 1. The molecule has 1 atom stereocenters. The minimum Gasteiger partial charge on any atom is -0.439 e. The Balaban J connectivity index is 0.00000105. The molecule has 1 unspecified atom stereocenters. The fourth-order valence-electron chi connectivity index (χ4n) is 3.60. The third-order valence-electron chi connectivity index (χ3n) is 5.72. The van der Waals surface area contributed by atoms with Gasteiger partial charge < -0.3 is 10.5 Å². The quantitative estimate of drug-likeness (QED) is 0.293. The maximum absolute atomic E-state index is 11.1. The molecule has 41 heavy (non-hydrogen) atoms. The van der Waals surface area contributed by atoms with Crippen LogP contribution in [-0.4, -0.2) is 28.9 Å². The summed E-state index contributed by atoms with van der Waals surface area (Å²) in [6, 6.07) is 22.1. The van der Waals surface area contributed by atoms with E-state index >= 15 is 0 Å². The predicted molar refractivity (Wildman–Crippen MR) is 177 cm³/mol. The van der Waals surface area contributed by atoms with Crippen LogP contribution in [0.4, 0.5) is 0 Å². The van der Waals surface area contributed by atoms with Crippen molar-refractivity contribution in [3.63, 3.8) is 0 Å². The minimum absolute atomic E-state index is 0.363. The van der Waals surface area contributed by atoms with Gasteiger partial charge in [-0.25, -0.2) is 4.98 Å². The lowest BCUT2D eigenvalue weighted by molar-refractivity contribution is 0.1000. The van der Waals surface area contributed by atoms with E-state index in [1.54, 1.807) is 18.2 Å². The lowest BCUT2D eigenvalue weighted by Gasteiger charge is -2.16. The summed E-state index contributed by atoms with van der Waals surface area (Å²) in [5.74, 6) is 1.27. The molecule has 0 spiro atoms. The van der Waals surface area contributed by atoms with Crippen molar-refractivity contribution in [3.8, 4) is 11.6 Å². The van der Waals surface area contributed by atoms with E-state index in [1.807, 2.05) is 39.8 Å². The van der Waals surface area contributed by atoms with Gasteiger partial charge in [-0.3, -0.25) is 9.69 Å². The summed E-state index contributed by atoms with van der Waals surface area (Å²) in [6.07, 6.45) is 6.74. The van der Waals surface area contributed by atoms with Gasteiger partial charge >= 0.3 is 0 Å². The zero-order valence-electron chi connectivity index (χ0n) is 26.5. The van der Waals surface area contributed by atoms with Crippen molar-refractivity contribution in [2.75, 3.05) is 13.1 Å². The number of allylic oxidation sites excluding steroid dienone is 2. The van der Waals surface area contributed by atoms with Crippen LogP contribution in [0.25, 0.3) is 0 Å². The van der Waals surface area contributed by atoms with Crippen LogP contribution in [0.5, 0.6) is 11.6 Å². The Bertz CT molecular complexity index is 1090. The lowest BCUT2D eigenvalue weighted by atomic mass is 9.99. The highest BCUT2D eigenvalue weighted by molar-refractivity contribution is 5.92. The van der Waals surface area contributed by atoms with Gasteiger partial charge in [-0.2, -0.15) is 0 Å². The lowest BCUT2D eigenvalue weighted by Crippen LogP contribution is -2.19. The van der Waals surface area contributed by atoms with Crippen molar-refractivity contribution < 1.29 is 9.53 Å². The van der Waals surface area contributed by atoms with Gasteiger partial charge in [0.1, 0.15) is 5.75 Å². The van der Waals surface area contributed by atoms with Crippen LogP contribution in [0.3, 0.4) is 0 Å². The third-order valence-corrected chi connectivity index (χ3v) is 5.72. The SMILES string of the molecule is C=C(C)CC.C=CC.CC.CCC.NC(=O)c1ccc(Oc2ccc(CN3CCC(c4ccccc4)C3)cc2)nc1. The molecule has 0 bridgehead atoms. The molecule has 1 fully saturated rings. The van der Waals surface area contributed by atoms with E-state index in [4.69, 9.17) is 10.5 Å². The largest absolute Gasteiger partial charge is 0.439 e. The summed E-state index contributed by atoms with van der Waals surface area (Å²) >= 11 is 0. The summed E-state index contributed by atoms with van der Waals surface area (Å²) in [5.41, 5.74) is 9.53. The molecule has 1 saturated heterocycles. The molecule has 1 aliphatic heterocycles. The standard InChI is InChI=1S/C23H23N3O2.C5H10.C3H8.C3H6.C2H6/c24-23(27)19-8-11-22(25-14-19)28-21-9-6-17(7-10-21)15-26-13-12-20(16-26)18-4-2-1-3-5-18;1-4-5(2)3;2*1-3-2;1-2/h1-11,14,20H,12-13,15-16H2,(H2,24,27);2,4H2,1,3H3;3H2,1-2H3;3H,1H2,2H3;1-2H3. The maximum Gasteiger partial charge on any atom is 0.250 e. The van der Waals surface area contributed by atoms with Gasteiger partial charge in [-0.15, -0.1) is 13.2 Å². The summed E-state index contributed by atoms with van der Waals surface area (Å²) < 4.78 is 5.74. The average molecular weight is 560 g/mol. The molecule has 224 valence electrons. The zero-order chi connectivity index (χ0) is 31.0. The molecule has 1 amide bonds. The van der Waals surface area contributed by atoms with Crippen LogP contribution < -0.4 is 10.5 Å². The number of carbonyl (C=O) groups excluding carboxylic acids is 1. The van der Waals surface area contributed by atoms with Crippen LogP contribution in [0.2, 0.25) is 0 Å². The maximum atomic E-state index is 11.1. The van der Waals surface area contributed by atoms with E-state index in [1.165, 1.54) is 35.7 Å². The number of rotatable bonds is 7. The highest BCUT2D eigenvalue weighted by atomic mass is 16.5. The van der Waals surface area contributed by atoms with Gasteiger partial charge in [0.2, 0.25) is 11.8 Å². The fraction of sp³-hybridized carbons (Fsp3) is 0.389. The highest BCUT2D eigenvalue weighted by Crippen LogP contribution is 2.28. The van der Waals surface area contributed by atoms with Crippen molar-refractivity contribution in [2.45, 2.75) is 80.2 Å². The van der Waals surface area contributed by atoms with Gasteiger partial charge in [0, 0.05) is 25.4 Å². The second-order valence-corrected chi connectivity index (χ2v) is 9.55. The van der Waals surface area contributed by atoms with Crippen LogP contribution in [0, 0.1) is 0 Å². The first-order valence-electron chi connectivity index (χ1n) is 14.8. The molecule has 0 aliphatic carbocycles. The first kappa shape index (κ1) is 37.3. The number of likely N-dealkylation sites (tertiary alicyclic amines) is 1. The number of nitrogens with zero attached hydrogens (tertiary/aromatic N) is 2. The normalized spacial score (nSPS) is 13.3. The third kappa shape index (κ3) is 16.2. The minimum atomic E-state index is -0.500. The van der Waals surface area contributed by atoms with E-state index in [-0.39, 0.29) is 0 Å². The summed E-state index contributed by atoms with van der Waals surface area (Å²) in [5, 5.41) is 0. The Morgan fingerprint density at radius 1 is 1.05 bits per heavy atom. The van der Waals surface area contributed by atoms with E-state index in [0.29, 0.717) is 23.1 Å². The molecule has 1 aromatic heterocycles. The topological polar surface area (TPSA) is 68.5 Å². The molecule has 1 aliphatic rings. The molecule has 3 aromatic rings. The van der Waals surface area contributed by atoms with Crippen molar-refractivity contribution in [1.29, 1.82) is 0 Å². The Morgan fingerprint density at radius 2 is 1.61 bits per heavy atom. The van der Waals surface area contributed by atoms with Crippen molar-refractivity contribution in [1.82, 2.24) is 9.88 Å². The summed E-state index contributed by atoms with van der Waals surface area (Å²) in [4.78, 5) is 17.7. The average Bonchev–Trinajstić information content (AvgIpc) is 3.45. The van der Waals surface area contributed by atoms with Gasteiger partial charge in [-0.05, 0) is 68.5 Å². The first-order valence-corrected chi connectivity index (χ1v) is 14.8. The zero-order valence-corrected chi connectivity index (χ0v) is 26.5. The number of benzene rings is 2. The number of ether oxygens (including phenoxy) is 1. The second-order valence-electron chi connectivity index (χ2n) is 9.55. The van der Waals surface area contributed by atoms with Crippen molar-refractivity contribution >= 4 is 5.91 Å². The molecular formula is C36H53N3O2. The number of pyridine rings is 1. The van der Waals surface area contributed by atoms with Gasteiger partial charge in [0.25, 0.3) is 0 Å². The Labute approximate surface area is 250 Å². The number of hydrogen-bond acceptors (Lipinski definition) is 4. The van der Waals surface area contributed by atoms with Crippen LogP contribution >= 0.6 is 0 Å². The molecule has 2 N–H and O–H groups in total. The Morgan fingerprint density at radius 3 is 2.07 bits per heavy atom. The monoisotopic (exact) mass is 559 g/mol. The van der Waals surface area contributed by atoms with Gasteiger partial charge in [0.15, 0.2) is 0 Å². The molecule has 4 rings (SSSR count). The van der Waals surface area contributed by atoms with Crippen LogP contribution in [-0.2, 0) is 6.54 Å². The fourth-order valence-corrected chi connectivity index (χ4v) is 3.60. The Hall–Kier alpha value is -3.70. The van der Waals surface area contributed by atoms with E-state index in [0.717, 1.165) is 26.1 Å². The number of carbonyl (C=O) groups is 1. The van der Waals surface area contributed by atoms with E-state index in [9.17, 15) is 4.79 Å². The van der Waals surface area contributed by atoms with Crippen molar-refractivity contribution in [3.05, 3.63) is 114 Å². The number of aromatic nitrogens is 1. The van der Waals surface area contributed by atoms with Gasteiger partial charge in [0.05, 0.1) is 5.56 Å². The number of primary amides is 1.